The summed E-state index contributed by atoms with van der Waals surface area (Å²) in [5.41, 5.74) is 3.50. The summed E-state index contributed by atoms with van der Waals surface area (Å²) < 4.78 is 13.4. The molecule has 2 atom stereocenters. The summed E-state index contributed by atoms with van der Waals surface area (Å²) in [6, 6.07) is 10.3. The molecule has 5 aromatic rings. The molecular weight excluding hydrogens is 761 g/mol. The predicted octanol–water partition coefficient (Wildman–Crippen LogP) is 1.67. The number of β-amino-alcohol motifs (C(OH)–C–C–N with tert-alkyl or cyclic N) is 1. The number of piperazine rings is 1. The van der Waals surface area contributed by atoms with Crippen LogP contribution in [0.3, 0.4) is 0 Å². The molecule has 9 rings (SSSR count). The number of pyridine rings is 1. The molecule has 4 fully saturated rings. The second kappa shape index (κ2) is 16.1. The number of anilines is 4. The number of nitrogens with zero attached hydrogens (tertiary/aromatic N) is 9. The van der Waals surface area contributed by atoms with E-state index < -0.39 is 29.9 Å². The molecule has 1 aromatic carbocycles. The van der Waals surface area contributed by atoms with Crippen LogP contribution in [-0.2, 0) is 9.59 Å². The molecule has 0 radical (unpaired) electrons. The van der Waals surface area contributed by atoms with Gasteiger partial charge in [-0.3, -0.25) is 29.4 Å². The molecule has 0 bridgehead atoms. The number of hydrogen-bond donors (Lipinski definition) is 4. The van der Waals surface area contributed by atoms with Crippen LogP contribution in [0.2, 0.25) is 0 Å². The number of rotatable bonds is 10. The van der Waals surface area contributed by atoms with E-state index in [1.54, 1.807) is 41.2 Å². The summed E-state index contributed by atoms with van der Waals surface area (Å²) in [5.74, 6) is -0.166. The number of aliphatic hydroxyl groups excluding tert-OH is 1. The van der Waals surface area contributed by atoms with Gasteiger partial charge < -0.3 is 39.6 Å². The van der Waals surface area contributed by atoms with E-state index in [0.717, 1.165) is 64.3 Å². The van der Waals surface area contributed by atoms with Gasteiger partial charge >= 0.3 is 0 Å². The maximum Gasteiger partial charge on any atom is 0.300 e. The highest BCUT2D eigenvalue weighted by Crippen LogP contribution is 2.34. The van der Waals surface area contributed by atoms with Crippen LogP contribution in [0, 0.1) is 5.92 Å². The lowest BCUT2D eigenvalue weighted by molar-refractivity contribution is -0.134. The van der Waals surface area contributed by atoms with Crippen molar-refractivity contribution in [1.82, 2.24) is 40.1 Å². The Labute approximate surface area is 338 Å². The number of methoxy groups -OCH3 is 1. The number of amides is 4. The quantitative estimate of drug-likeness (QED) is 0.148. The van der Waals surface area contributed by atoms with Crippen molar-refractivity contribution in [3.05, 3.63) is 60.0 Å². The SMILES string of the molecule is COc1cc(N2CCC(CN3CCN(c4nc5nc(N6CC[C@H](O)C6)c(NC(=O)c6ccc7nccn7n6)cc5o4)CC3)CC2)ccc1C(=O)NC1CCC(=O)NC1=O. The van der Waals surface area contributed by atoms with Crippen LogP contribution in [0.1, 0.15) is 53.0 Å². The van der Waals surface area contributed by atoms with Gasteiger partial charge in [0.05, 0.1) is 24.5 Å². The van der Waals surface area contributed by atoms with E-state index >= 15 is 0 Å². The molecule has 0 spiro atoms. The largest absolute Gasteiger partial charge is 0.496 e. The second-order valence-corrected chi connectivity index (χ2v) is 15.5. The highest BCUT2D eigenvalue weighted by molar-refractivity contribution is 6.06. The maximum atomic E-state index is 13.4. The highest BCUT2D eigenvalue weighted by Gasteiger charge is 2.31. The van der Waals surface area contributed by atoms with Crippen molar-refractivity contribution in [1.29, 1.82) is 0 Å². The number of nitrogens with one attached hydrogen (secondary N) is 3. The third-order valence-corrected chi connectivity index (χ3v) is 11.7. The average molecular weight is 807 g/mol. The van der Waals surface area contributed by atoms with Gasteiger partial charge in [-0.1, -0.05) is 0 Å². The molecule has 59 heavy (non-hydrogen) atoms. The van der Waals surface area contributed by atoms with Crippen molar-refractivity contribution in [3.63, 3.8) is 0 Å². The molecule has 19 nitrogen and oxygen atoms in total. The summed E-state index contributed by atoms with van der Waals surface area (Å²) in [5, 5.41) is 22.6. The van der Waals surface area contributed by atoms with Gasteiger partial charge in [-0.15, -0.1) is 0 Å². The third-order valence-electron chi connectivity index (χ3n) is 11.7. The number of hydrogen-bond acceptors (Lipinski definition) is 15. The molecule has 8 heterocycles. The summed E-state index contributed by atoms with van der Waals surface area (Å²) in [6.07, 6.45) is 5.91. The second-order valence-electron chi connectivity index (χ2n) is 15.5. The molecule has 4 N–H and O–H groups in total. The summed E-state index contributed by atoms with van der Waals surface area (Å²) in [7, 11) is 1.52. The number of carbonyl (C=O) groups excluding carboxylic acids is 4. The first-order chi connectivity index (χ1) is 28.7. The first-order valence-electron chi connectivity index (χ1n) is 20.1. The third kappa shape index (κ3) is 8.07. The Balaban J connectivity index is 0.796. The van der Waals surface area contributed by atoms with E-state index in [-0.39, 0.29) is 24.4 Å². The molecule has 4 aliphatic rings. The van der Waals surface area contributed by atoms with Crippen molar-refractivity contribution in [2.75, 3.05) is 86.0 Å². The number of ether oxygens (including phenoxy) is 1. The Bertz CT molecular complexity index is 2400. The van der Waals surface area contributed by atoms with Gasteiger partial charge in [0.1, 0.15) is 17.5 Å². The van der Waals surface area contributed by atoms with Crippen LogP contribution in [0.4, 0.5) is 23.2 Å². The first kappa shape index (κ1) is 38.2. The maximum absolute atomic E-state index is 13.4. The average Bonchev–Trinajstić information content (AvgIpc) is 4.01. The molecule has 0 saturated carbocycles. The van der Waals surface area contributed by atoms with Crippen LogP contribution in [0.5, 0.6) is 5.75 Å². The number of imidazole rings is 1. The van der Waals surface area contributed by atoms with Crippen LogP contribution in [0.15, 0.2) is 53.2 Å². The number of imide groups is 1. The van der Waals surface area contributed by atoms with Crippen LogP contribution < -0.4 is 35.4 Å². The lowest BCUT2D eigenvalue weighted by Crippen LogP contribution is -2.52. The van der Waals surface area contributed by atoms with Crippen molar-refractivity contribution in [2.45, 2.75) is 44.2 Å². The van der Waals surface area contributed by atoms with Crippen molar-refractivity contribution < 1.29 is 33.4 Å². The van der Waals surface area contributed by atoms with Crippen LogP contribution >= 0.6 is 0 Å². The number of carbonyl (C=O) groups is 4. The Morgan fingerprint density at radius 2 is 1.75 bits per heavy atom. The predicted molar refractivity (Wildman–Crippen MR) is 216 cm³/mol. The van der Waals surface area contributed by atoms with Gasteiger partial charge in [-0.2, -0.15) is 10.1 Å². The molecule has 19 heteroatoms. The summed E-state index contributed by atoms with van der Waals surface area (Å²) in [6.45, 7) is 6.94. The van der Waals surface area contributed by atoms with Crippen LogP contribution in [-0.4, -0.2) is 136 Å². The fraction of sp³-hybridized carbons (Fsp3) is 0.450. The Kier molecular flexibility index (Phi) is 10.4. The molecule has 4 amide bonds. The van der Waals surface area contributed by atoms with Gasteiger partial charge in [0.25, 0.3) is 17.8 Å². The molecular formula is C40H46N12O7. The van der Waals surface area contributed by atoms with E-state index in [0.29, 0.717) is 71.1 Å². The Hall–Kier alpha value is -6.34. The fourth-order valence-electron chi connectivity index (χ4n) is 8.36. The fourth-order valence-corrected chi connectivity index (χ4v) is 8.36. The van der Waals surface area contributed by atoms with Gasteiger partial charge in [0.2, 0.25) is 17.5 Å². The number of piperidine rings is 2. The summed E-state index contributed by atoms with van der Waals surface area (Å²) in [4.78, 5) is 72.8. The number of oxazole rings is 1. The lowest BCUT2D eigenvalue weighted by atomic mass is 9.95. The van der Waals surface area contributed by atoms with Gasteiger partial charge in [-0.05, 0) is 55.9 Å². The Morgan fingerprint density at radius 3 is 2.51 bits per heavy atom. The molecule has 4 saturated heterocycles. The van der Waals surface area contributed by atoms with Gasteiger partial charge in [0, 0.05) is 95.5 Å². The zero-order valence-electron chi connectivity index (χ0n) is 32.7. The smallest absolute Gasteiger partial charge is 0.300 e. The number of aromatic nitrogens is 5. The topological polar surface area (TPSA) is 216 Å². The minimum atomic E-state index is -0.762. The normalized spacial score (nSPS) is 20.7. The van der Waals surface area contributed by atoms with E-state index in [1.165, 1.54) is 7.11 Å². The molecule has 308 valence electrons. The molecule has 4 aromatic heterocycles. The van der Waals surface area contributed by atoms with Crippen LogP contribution in [0.25, 0.3) is 16.9 Å². The van der Waals surface area contributed by atoms with Gasteiger partial charge in [0.15, 0.2) is 17.0 Å². The zero-order valence-corrected chi connectivity index (χ0v) is 32.7. The first-order valence-corrected chi connectivity index (χ1v) is 20.1. The minimum absolute atomic E-state index is 0.182. The molecule has 0 aliphatic carbocycles. The summed E-state index contributed by atoms with van der Waals surface area (Å²) >= 11 is 0. The zero-order chi connectivity index (χ0) is 40.6. The molecule has 4 aliphatic heterocycles. The van der Waals surface area contributed by atoms with E-state index in [9.17, 15) is 24.3 Å². The Morgan fingerprint density at radius 1 is 0.932 bits per heavy atom. The number of fused-ring (bicyclic) bond motifs is 2. The van der Waals surface area contributed by atoms with Crippen molar-refractivity contribution >= 4 is 63.7 Å². The number of benzene rings is 1. The highest BCUT2D eigenvalue weighted by atomic mass is 16.5. The minimum Gasteiger partial charge on any atom is -0.496 e. The van der Waals surface area contributed by atoms with Crippen molar-refractivity contribution in [2.24, 2.45) is 5.92 Å². The van der Waals surface area contributed by atoms with E-state index in [4.69, 9.17) is 19.1 Å². The van der Waals surface area contributed by atoms with E-state index in [2.05, 4.69) is 40.7 Å². The van der Waals surface area contributed by atoms with E-state index in [1.807, 2.05) is 17.0 Å². The molecule has 1 unspecified atom stereocenters. The monoisotopic (exact) mass is 806 g/mol. The standard InChI is InChI=1S/C40H46N12O7/c1-58-31-20-25(2-3-27(31)37(55)42-28-5-7-34(54)44-38(28)56)49-12-8-24(9-13-49)22-48-16-18-50(19-17-48)40-46-35-32(59-40)21-30(36(45-35)51-14-10-26(53)23-51)43-39(57)29-4-6-33-41-11-15-52(33)47-29/h2-4,6,11,15,20-21,24,26,28,53H,5,7-10,12-14,16-19,22-23H2,1H3,(H,42,55)(H,43,57)(H,44,54,56)/t26-,28?/m0/s1. The number of aliphatic hydroxyl groups is 1. The van der Waals surface area contributed by atoms with Crippen molar-refractivity contribution in [3.8, 4) is 5.75 Å². The van der Waals surface area contributed by atoms with Gasteiger partial charge in [-0.25, -0.2) is 14.5 Å². The lowest BCUT2D eigenvalue weighted by Gasteiger charge is -2.39.